The third-order valence-corrected chi connectivity index (χ3v) is 9.25. The molecule has 1 heterocycles. The average Bonchev–Trinajstić information content (AvgIpc) is 3.12. The molecule has 128 valence electrons. The van der Waals surface area contributed by atoms with E-state index in [2.05, 4.69) is 102 Å². The second kappa shape index (κ2) is 7.27. The zero-order valence-electron chi connectivity index (χ0n) is 14.9. The summed E-state index contributed by atoms with van der Waals surface area (Å²) in [7, 11) is 0.203. The fraction of sp³-hybridized carbons (Fsp3) is 0.0870. The maximum Gasteiger partial charge on any atom is 0.118 e. The molecule has 0 aliphatic rings. The number of benzene rings is 3. The van der Waals surface area contributed by atoms with Crippen molar-refractivity contribution in [2.45, 2.75) is 6.16 Å². The molecule has 0 amide bonds. The van der Waals surface area contributed by atoms with Crippen LogP contribution >= 0.6 is 7.26 Å². The van der Waals surface area contributed by atoms with E-state index in [9.17, 15) is 0 Å². The molecule has 4 rings (SSSR count). The molecule has 0 radical (unpaired) electrons. The van der Waals surface area contributed by atoms with Gasteiger partial charge in [0, 0.05) is 13.2 Å². The predicted molar refractivity (Wildman–Crippen MR) is 112 cm³/mol. The number of rotatable bonds is 5. The second-order valence-corrected chi connectivity index (χ2v) is 9.91. The Hall–Kier alpha value is -2.70. The zero-order chi connectivity index (χ0) is 17.8. The number of aryl methyl sites for hydroxylation is 1. The Kier molecular flexibility index (Phi) is 4.69. The summed E-state index contributed by atoms with van der Waals surface area (Å²) in [5.41, 5.74) is 1.26. The lowest BCUT2D eigenvalue weighted by atomic mass is 10.3. The smallest absolute Gasteiger partial charge is 0.118 e. The van der Waals surface area contributed by atoms with E-state index in [4.69, 9.17) is 0 Å². The van der Waals surface area contributed by atoms with Crippen molar-refractivity contribution >= 4 is 23.2 Å². The molecular weight excluding hydrogens is 335 g/mol. The Labute approximate surface area is 155 Å². The minimum atomic E-state index is -1.83. The van der Waals surface area contributed by atoms with E-state index < -0.39 is 7.26 Å². The molecule has 2 nitrogen and oxygen atoms in total. The average molecular weight is 357 g/mol. The molecule has 0 aliphatic carbocycles. The lowest BCUT2D eigenvalue weighted by Crippen LogP contribution is -2.32. The van der Waals surface area contributed by atoms with Crippen LogP contribution in [0.15, 0.2) is 103 Å². The Morgan fingerprint density at radius 3 is 1.42 bits per heavy atom. The molecule has 0 aliphatic heterocycles. The van der Waals surface area contributed by atoms with Gasteiger partial charge in [-0.3, -0.25) is 4.68 Å². The first kappa shape index (κ1) is 16.8. The molecular formula is C23H22N2P+. The molecule has 0 N–H and O–H groups in total. The van der Waals surface area contributed by atoms with E-state index >= 15 is 0 Å². The van der Waals surface area contributed by atoms with Gasteiger partial charge in [-0.15, -0.1) is 0 Å². The van der Waals surface area contributed by atoms with Crippen molar-refractivity contribution in [3.05, 3.63) is 109 Å². The van der Waals surface area contributed by atoms with Crippen molar-refractivity contribution in [2.24, 2.45) is 7.05 Å². The van der Waals surface area contributed by atoms with Crippen molar-refractivity contribution in [2.75, 3.05) is 0 Å². The van der Waals surface area contributed by atoms with Crippen molar-refractivity contribution in [3.8, 4) is 0 Å². The standard InChI is InChI=1S/C23H22N2P/c1-25-20(17-18-24-25)19-26(21-11-5-2-6-12-21,22-13-7-3-8-14-22)23-15-9-4-10-16-23/h2-18H,19H2,1H3/q+1. The summed E-state index contributed by atoms with van der Waals surface area (Å²) < 4.78 is 2.00. The molecule has 0 unspecified atom stereocenters. The van der Waals surface area contributed by atoms with Gasteiger partial charge in [0.25, 0.3) is 0 Å². The van der Waals surface area contributed by atoms with Crippen LogP contribution in [0, 0.1) is 0 Å². The highest BCUT2D eigenvalue weighted by Gasteiger charge is 2.45. The predicted octanol–water partition coefficient (Wildman–Crippen LogP) is 3.91. The number of aromatic nitrogens is 2. The SMILES string of the molecule is Cn1nccc1C[P+](c1ccccc1)(c1ccccc1)c1ccccc1. The summed E-state index contributed by atoms with van der Waals surface area (Å²) in [6.45, 7) is 0. The summed E-state index contributed by atoms with van der Waals surface area (Å²) in [4.78, 5) is 0. The van der Waals surface area contributed by atoms with Gasteiger partial charge in [-0.25, -0.2) is 0 Å². The summed E-state index contributed by atoms with van der Waals surface area (Å²) in [6.07, 6.45) is 2.85. The zero-order valence-corrected chi connectivity index (χ0v) is 15.8. The lowest BCUT2D eigenvalue weighted by Gasteiger charge is -2.27. The quantitative estimate of drug-likeness (QED) is 0.495. The van der Waals surface area contributed by atoms with E-state index in [0.717, 1.165) is 6.16 Å². The van der Waals surface area contributed by atoms with Crippen LogP contribution in [0.5, 0.6) is 0 Å². The molecule has 0 saturated carbocycles. The van der Waals surface area contributed by atoms with Crippen molar-refractivity contribution in [1.82, 2.24) is 9.78 Å². The molecule has 26 heavy (non-hydrogen) atoms. The summed E-state index contributed by atoms with van der Waals surface area (Å²) in [5.74, 6) is 0. The van der Waals surface area contributed by atoms with Gasteiger partial charge in [0.05, 0.1) is 5.69 Å². The number of hydrogen-bond acceptors (Lipinski definition) is 1. The van der Waals surface area contributed by atoms with Gasteiger partial charge in [0.2, 0.25) is 0 Å². The van der Waals surface area contributed by atoms with Crippen LogP contribution in [-0.4, -0.2) is 9.78 Å². The molecule has 3 aromatic carbocycles. The highest BCUT2D eigenvalue weighted by atomic mass is 31.2. The minimum Gasteiger partial charge on any atom is -0.269 e. The van der Waals surface area contributed by atoms with Crippen LogP contribution in [-0.2, 0) is 13.2 Å². The van der Waals surface area contributed by atoms with Gasteiger partial charge in [0.1, 0.15) is 29.3 Å². The highest BCUT2D eigenvalue weighted by molar-refractivity contribution is 7.95. The summed E-state index contributed by atoms with van der Waals surface area (Å²) in [6, 6.07) is 35.0. The van der Waals surface area contributed by atoms with E-state index in [1.54, 1.807) is 0 Å². The Morgan fingerprint density at radius 1 is 0.654 bits per heavy atom. The Bertz CT molecular complexity index is 866. The third-order valence-electron chi connectivity index (χ3n) is 4.91. The summed E-state index contributed by atoms with van der Waals surface area (Å²) >= 11 is 0. The highest BCUT2D eigenvalue weighted by Crippen LogP contribution is 2.57. The van der Waals surface area contributed by atoms with E-state index in [-0.39, 0.29) is 0 Å². The Morgan fingerprint density at radius 2 is 1.08 bits per heavy atom. The first-order valence-corrected chi connectivity index (χ1v) is 10.8. The maximum atomic E-state index is 4.42. The molecule has 4 aromatic rings. The van der Waals surface area contributed by atoms with Crippen molar-refractivity contribution in [1.29, 1.82) is 0 Å². The summed E-state index contributed by atoms with van der Waals surface area (Å²) in [5, 5.41) is 8.62. The van der Waals surface area contributed by atoms with Gasteiger partial charge >= 0.3 is 0 Å². The van der Waals surface area contributed by atoms with Crippen molar-refractivity contribution in [3.63, 3.8) is 0 Å². The lowest BCUT2D eigenvalue weighted by molar-refractivity contribution is 0.735. The van der Waals surface area contributed by atoms with Gasteiger partial charge in [-0.2, -0.15) is 5.10 Å². The van der Waals surface area contributed by atoms with Crippen LogP contribution < -0.4 is 15.9 Å². The second-order valence-electron chi connectivity index (χ2n) is 6.42. The van der Waals surface area contributed by atoms with Gasteiger partial charge in [-0.1, -0.05) is 54.6 Å². The van der Waals surface area contributed by atoms with Gasteiger partial charge in [-0.05, 0) is 42.5 Å². The van der Waals surface area contributed by atoms with E-state index in [1.807, 2.05) is 17.9 Å². The third kappa shape index (κ3) is 2.98. The van der Waals surface area contributed by atoms with Crippen LogP contribution in [0.2, 0.25) is 0 Å². The van der Waals surface area contributed by atoms with Gasteiger partial charge in [0.15, 0.2) is 0 Å². The van der Waals surface area contributed by atoms with Crippen LogP contribution in [0.1, 0.15) is 5.69 Å². The first-order chi connectivity index (χ1) is 12.8. The normalized spacial score (nSPS) is 11.4. The minimum absolute atomic E-state index is 0.960. The first-order valence-electron chi connectivity index (χ1n) is 8.82. The topological polar surface area (TPSA) is 17.8 Å². The van der Waals surface area contributed by atoms with Gasteiger partial charge < -0.3 is 0 Å². The molecule has 1 aromatic heterocycles. The largest absolute Gasteiger partial charge is 0.269 e. The van der Waals surface area contributed by atoms with Crippen LogP contribution in [0.3, 0.4) is 0 Å². The van der Waals surface area contributed by atoms with Crippen LogP contribution in [0.4, 0.5) is 0 Å². The van der Waals surface area contributed by atoms with Crippen molar-refractivity contribution < 1.29 is 0 Å². The van der Waals surface area contributed by atoms with E-state index in [0.29, 0.717) is 0 Å². The monoisotopic (exact) mass is 357 g/mol. The maximum absolute atomic E-state index is 4.42. The number of nitrogens with zero attached hydrogens (tertiary/aromatic N) is 2. The number of hydrogen-bond donors (Lipinski definition) is 0. The molecule has 0 fully saturated rings. The molecule has 0 bridgehead atoms. The molecule has 3 heteroatoms. The van der Waals surface area contributed by atoms with Crippen LogP contribution in [0.25, 0.3) is 0 Å². The molecule has 0 atom stereocenters. The molecule has 0 saturated heterocycles. The Balaban J connectivity index is 2.02. The fourth-order valence-electron chi connectivity index (χ4n) is 3.57. The van der Waals surface area contributed by atoms with E-state index in [1.165, 1.54) is 21.6 Å². The fourth-order valence-corrected chi connectivity index (χ4v) is 7.85. The molecule has 0 spiro atoms.